The van der Waals surface area contributed by atoms with Gasteiger partial charge in [-0.3, -0.25) is 0 Å². The molecule has 2 N–H and O–H groups in total. The Bertz CT molecular complexity index is 217. The Hall–Kier alpha value is -0.0800. The molecule has 1 saturated carbocycles. The molecule has 1 unspecified atom stereocenters. The first-order chi connectivity index (χ1) is 8.39. The van der Waals surface area contributed by atoms with E-state index in [0.717, 1.165) is 18.5 Å². The third kappa shape index (κ3) is 6.75. The van der Waals surface area contributed by atoms with Crippen molar-refractivity contribution in [3.8, 4) is 0 Å². The van der Waals surface area contributed by atoms with Crippen molar-refractivity contribution in [1.82, 2.24) is 10.6 Å². The fraction of sp³-hybridized carbons (Fsp3) is 1.00. The van der Waals surface area contributed by atoms with Crippen LogP contribution in [0.1, 0.15) is 73.1 Å². The van der Waals surface area contributed by atoms with Crippen molar-refractivity contribution in [3.05, 3.63) is 0 Å². The lowest BCUT2D eigenvalue weighted by Crippen LogP contribution is -2.48. The molecule has 0 aliphatic heterocycles. The topological polar surface area (TPSA) is 24.1 Å². The van der Waals surface area contributed by atoms with Gasteiger partial charge in [-0.25, -0.2) is 0 Å². The van der Waals surface area contributed by atoms with Crippen LogP contribution in [0.25, 0.3) is 0 Å². The Balaban J connectivity index is 2.26. The highest BCUT2D eigenvalue weighted by molar-refractivity contribution is 4.84. The van der Waals surface area contributed by atoms with Gasteiger partial charge in [-0.1, -0.05) is 33.1 Å². The van der Waals surface area contributed by atoms with E-state index in [1.165, 1.54) is 38.5 Å². The second-order valence-electron chi connectivity index (χ2n) is 7.27. The fourth-order valence-electron chi connectivity index (χ4n) is 3.05. The average Bonchev–Trinajstić information content (AvgIpc) is 2.27. The second kappa shape index (κ2) is 7.49. The molecular weight excluding hydrogens is 220 g/mol. The molecule has 0 amide bonds. The predicted molar refractivity (Wildman–Crippen MR) is 81.0 cm³/mol. The minimum Gasteiger partial charge on any atom is -0.311 e. The van der Waals surface area contributed by atoms with E-state index >= 15 is 0 Å². The predicted octanol–water partition coefficient (Wildman–Crippen LogP) is 3.71. The summed E-state index contributed by atoms with van der Waals surface area (Å²) in [6.45, 7) is 12.7. The third-order valence-electron chi connectivity index (χ3n) is 3.93. The van der Waals surface area contributed by atoms with Crippen LogP contribution < -0.4 is 10.6 Å². The molecule has 1 atom stereocenters. The Labute approximate surface area is 114 Å². The normalized spacial score (nSPS) is 20.3. The van der Waals surface area contributed by atoms with E-state index in [2.05, 4.69) is 45.3 Å². The summed E-state index contributed by atoms with van der Waals surface area (Å²) in [6, 6.07) is 1.39. The quantitative estimate of drug-likeness (QED) is 0.723. The van der Waals surface area contributed by atoms with Crippen molar-refractivity contribution in [2.45, 2.75) is 90.8 Å². The standard InChI is InChI=1S/C16H34N2/c1-13(2)12-17-16(4,5)11-14(3)18-15-9-7-6-8-10-15/h13-15,17-18H,6-12H2,1-5H3. The zero-order valence-corrected chi connectivity index (χ0v) is 13.2. The number of nitrogens with one attached hydrogen (secondary N) is 2. The summed E-state index contributed by atoms with van der Waals surface area (Å²) >= 11 is 0. The van der Waals surface area contributed by atoms with Gasteiger partial charge in [-0.2, -0.15) is 0 Å². The third-order valence-corrected chi connectivity index (χ3v) is 3.93. The summed E-state index contributed by atoms with van der Waals surface area (Å²) in [5.74, 6) is 0.728. The fourth-order valence-corrected chi connectivity index (χ4v) is 3.05. The van der Waals surface area contributed by atoms with Gasteiger partial charge < -0.3 is 10.6 Å². The van der Waals surface area contributed by atoms with Gasteiger partial charge in [0, 0.05) is 17.6 Å². The maximum atomic E-state index is 3.82. The van der Waals surface area contributed by atoms with Crippen molar-refractivity contribution in [1.29, 1.82) is 0 Å². The Kier molecular flexibility index (Phi) is 6.65. The lowest BCUT2D eigenvalue weighted by atomic mass is 9.91. The van der Waals surface area contributed by atoms with Gasteiger partial charge in [-0.05, 0) is 52.5 Å². The van der Waals surface area contributed by atoms with E-state index in [-0.39, 0.29) is 5.54 Å². The van der Waals surface area contributed by atoms with Crippen LogP contribution >= 0.6 is 0 Å². The van der Waals surface area contributed by atoms with E-state index in [4.69, 9.17) is 0 Å². The average molecular weight is 254 g/mol. The van der Waals surface area contributed by atoms with E-state index in [0.29, 0.717) is 6.04 Å². The smallest absolute Gasteiger partial charge is 0.0139 e. The highest BCUT2D eigenvalue weighted by atomic mass is 15.0. The maximum absolute atomic E-state index is 3.82. The van der Waals surface area contributed by atoms with Crippen molar-refractivity contribution >= 4 is 0 Å². The van der Waals surface area contributed by atoms with Crippen LogP contribution in [0.2, 0.25) is 0 Å². The Morgan fingerprint density at radius 3 is 2.22 bits per heavy atom. The number of hydrogen-bond donors (Lipinski definition) is 2. The van der Waals surface area contributed by atoms with Crippen molar-refractivity contribution < 1.29 is 0 Å². The molecule has 0 aromatic heterocycles. The van der Waals surface area contributed by atoms with Crippen LogP contribution in [0.3, 0.4) is 0 Å². The van der Waals surface area contributed by atoms with Crippen LogP contribution in [0.15, 0.2) is 0 Å². The van der Waals surface area contributed by atoms with Crippen molar-refractivity contribution in [2.75, 3.05) is 6.54 Å². The van der Waals surface area contributed by atoms with Gasteiger partial charge in [0.1, 0.15) is 0 Å². The molecule has 0 saturated heterocycles. The van der Waals surface area contributed by atoms with Gasteiger partial charge >= 0.3 is 0 Å². The van der Waals surface area contributed by atoms with E-state index < -0.39 is 0 Å². The molecule has 0 heterocycles. The van der Waals surface area contributed by atoms with E-state index in [1.807, 2.05) is 0 Å². The molecule has 0 bridgehead atoms. The molecule has 2 heteroatoms. The maximum Gasteiger partial charge on any atom is 0.0139 e. The molecule has 0 aromatic carbocycles. The van der Waals surface area contributed by atoms with Crippen molar-refractivity contribution in [2.24, 2.45) is 5.92 Å². The number of rotatable bonds is 7. The molecule has 2 nitrogen and oxygen atoms in total. The minimum atomic E-state index is 0.241. The summed E-state index contributed by atoms with van der Waals surface area (Å²) in [7, 11) is 0. The van der Waals surface area contributed by atoms with Crippen LogP contribution in [0.5, 0.6) is 0 Å². The second-order valence-corrected chi connectivity index (χ2v) is 7.27. The molecular formula is C16H34N2. The van der Waals surface area contributed by atoms with Gasteiger partial charge in [0.25, 0.3) is 0 Å². The van der Waals surface area contributed by atoms with Crippen LogP contribution in [-0.4, -0.2) is 24.2 Å². The van der Waals surface area contributed by atoms with Crippen LogP contribution in [0, 0.1) is 5.92 Å². The summed E-state index contributed by atoms with van der Waals surface area (Å²) in [5.41, 5.74) is 0.241. The van der Waals surface area contributed by atoms with Crippen LogP contribution in [0.4, 0.5) is 0 Å². The first-order valence-electron chi connectivity index (χ1n) is 7.90. The monoisotopic (exact) mass is 254 g/mol. The largest absolute Gasteiger partial charge is 0.311 e. The SMILES string of the molecule is CC(C)CNC(C)(C)CC(C)NC1CCCCC1. The lowest BCUT2D eigenvalue weighted by Gasteiger charge is -2.33. The zero-order chi connectivity index (χ0) is 13.6. The van der Waals surface area contributed by atoms with Gasteiger partial charge in [0.05, 0.1) is 0 Å². The minimum absolute atomic E-state index is 0.241. The van der Waals surface area contributed by atoms with E-state index in [9.17, 15) is 0 Å². The van der Waals surface area contributed by atoms with Crippen molar-refractivity contribution in [3.63, 3.8) is 0 Å². The highest BCUT2D eigenvalue weighted by Crippen LogP contribution is 2.19. The summed E-state index contributed by atoms with van der Waals surface area (Å²) < 4.78 is 0. The highest BCUT2D eigenvalue weighted by Gasteiger charge is 2.22. The van der Waals surface area contributed by atoms with Crippen LogP contribution in [-0.2, 0) is 0 Å². The number of hydrogen-bond acceptors (Lipinski definition) is 2. The first-order valence-corrected chi connectivity index (χ1v) is 7.90. The van der Waals surface area contributed by atoms with Gasteiger partial charge in [-0.15, -0.1) is 0 Å². The molecule has 108 valence electrons. The molecule has 0 spiro atoms. The summed E-state index contributed by atoms with van der Waals surface area (Å²) in [6.07, 6.45) is 8.23. The van der Waals surface area contributed by atoms with E-state index in [1.54, 1.807) is 0 Å². The Morgan fingerprint density at radius 1 is 1.06 bits per heavy atom. The summed E-state index contributed by atoms with van der Waals surface area (Å²) in [5, 5.41) is 7.51. The Morgan fingerprint density at radius 2 is 1.67 bits per heavy atom. The zero-order valence-electron chi connectivity index (χ0n) is 13.2. The first kappa shape index (κ1) is 16.0. The van der Waals surface area contributed by atoms with Gasteiger partial charge in [0.15, 0.2) is 0 Å². The molecule has 0 radical (unpaired) electrons. The van der Waals surface area contributed by atoms with Gasteiger partial charge in [0.2, 0.25) is 0 Å². The lowest BCUT2D eigenvalue weighted by molar-refractivity contribution is 0.272. The molecule has 1 aliphatic carbocycles. The summed E-state index contributed by atoms with van der Waals surface area (Å²) in [4.78, 5) is 0. The molecule has 0 aromatic rings. The molecule has 18 heavy (non-hydrogen) atoms. The molecule has 1 aliphatic rings. The molecule has 1 rings (SSSR count). The molecule has 1 fully saturated rings.